The third-order valence-electron chi connectivity index (χ3n) is 3.51. The van der Waals surface area contributed by atoms with Crippen molar-refractivity contribution in [3.8, 4) is 0 Å². The van der Waals surface area contributed by atoms with E-state index >= 15 is 0 Å². The first-order valence-electron chi connectivity index (χ1n) is 6.78. The zero-order valence-corrected chi connectivity index (χ0v) is 10.7. The van der Waals surface area contributed by atoms with Gasteiger partial charge in [-0.1, -0.05) is 30.3 Å². The first-order chi connectivity index (χ1) is 8.77. The van der Waals surface area contributed by atoms with Crippen LogP contribution in [0, 0.1) is 0 Å². The van der Waals surface area contributed by atoms with E-state index in [0.717, 1.165) is 37.9 Å². The molecule has 1 saturated heterocycles. The van der Waals surface area contributed by atoms with Crippen molar-refractivity contribution >= 4 is 5.91 Å². The maximum atomic E-state index is 11.8. The fourth-order valence-corrected chi connectivity index (χ4v) is 2.41. The van der Waals surface area contributed by atoms with E-state index in [1.807, 2.05) is 35.2 Å². The van der Waals surface area contributed by atoms with Crippen LogP contribution in [-0.4, -0.2) is 29.0 Å². The van der Waals surface area contributed by atoms with Gasteiger partial charge in [0.25, 0.3) is 0 Å². The Morgan fingerprint density at radius 1 is 1.22 bits per heavy atom. The summed E-state index contributed by atoms with van der Waals surface area (Å²) < 4.78 is 0. The summed E-state index contributed by atoms with van der Waals surface area (Å²) in [5.74, 6) is 0.243. The number of aliphatic hydroxyl groups is 1. The summed E-state index contributed by atoms with van der Waals surface area (Å²) in [5.41, 5.74) is 0.936. The number of hydrogen-bond donors (Lipinski definition) is 1. The minimum absolute atomic E-state index is 0.243. The summed E-state index contributed by atoms with van der Waals surface area (Å²) in [7, 11) is 0. The Labute approximate surface area is 108 Å². The van der Waals surface area contributed by atoms with Gasteiger partial charge in [0.05, 0.1) is 6.10 Å². The summed E-state index contributed by atoms with van der Waals surface area (Å²) in [6.45, 7) is 1.83. The Kier molecular flexibility index (Phi) is 4.76. The molecule has 1 unspecified atom stereocenters. The van der Waals surface area contributed by atoms with Crippen LogP contribution in [0.5, 0.6) is 0 Å². The van der Waals surface area contributed by atoms with E-state index in [0.29, 0.717) is 12.8 Å². The van der Waals surface area contributed by atoms with Gasteiger partial charge >= 0.3 is 0 Å². The van der Waals surface area contributed by atoms with Crippen molar-refractivity contribution in [1.82, 2.24) is 4.90 Å². The van der Waals surface area contributed by atoms with Crippen LogP contribution in [-0.2, 0) is 4.79 Å². The van der Waals surface area contributed by atoms with Gasteiger partial charge in [-0.3, -0.25) is 4.79 Å². The summed E-state index contributed by atoms with van der Waals surface area (Å²) in [6.07, 6.45) is 3.80. The predicted molar refractivity (Wildman–Crippen MR) is 71.1 cm³/mol. The Morgan fingerprint density at radius 2 is 1.89 bits per heavy atom. The number of likely N-dealkylation sites (tertiary alicyclic amines) is 1. The molecule has 1 aliphatic rings. The molecule has 98 valence electrons. The van der Waals surface area contributed by atoms with E-state index in [-0.39, 0.29) is 5.91 Å². The molecule has 1 heterocycles. The molecule has 1 N–H and O–H groups in total. The molecule has 2 rings (SSSR count). The number of nitrogens with zero attached hydrogens (tertiary/aromatic N) is 1. The summed E-state index contributed by atoms with van der Waals surface area (Å²) in [4.78, 5) is 13.7. The predicted octanol–water partition coefficient (Wildman–Crippen LogP) is 2.51. The van der Waals surface area contributed by atoms with Gasteiger partial charge in [-0.15, -0.1) is 0 Å². The number of benzene rings is 1. The lowest BCUT2D eigenvalue weighted by Crippen LogP contribution is -2.27. The summed E-state index contributed by atoms with van der Waals surface area (Å²) in [5, 5.41) is 9.97. The van der Waals surface area contributed by atoms with Crippen molar-refractivity contribution in [1.29, 1.82) is 0 Å². The molecule has 3 heteroatoms. The summed E-state index contributed by atoms with van der Waals surface area (Å²) in [6, 6.07) is 9.63. The van der Waals surface area contributed by atoms with Crippen LogP contribution in [0.3, 0.4) is 0 Å². The first kappa shape index (κ1) is 13.1. The Hall–Kier alpha value is -1.35. The van der Waals surface area contributed by atoms with Crippen LogP contribution in [0.2, 0.25) is 0 Å². The smallest absolute Gasteiger partial charge is 0.222 e. The zero-order chi connectivity index (χ0) is 12.8. The molecular formula is C15H21NO2. The number of hydrogen-bond acceptors (Lipinski definition) is 2. The van der Waals surface area contributed by atoms with Crippen molar-refractivity contribution in [3.05, 3.63) is 35.9 Å². The van der Waals surface area contributed by atoms with Crippen LogP contribution >= 0.6 is 0 Å². The largest absolute Gasteiger partial charge is 0.388 e. The average Bonchev–Trinajstić information content (AvgIpc) is 2.93. The molecule has 0 bridgehead atoms. The molecule has 3 nitrogen and oxygen atoms in total. The first-order valence-corrected chi connectivity index (χ1v) is 6.78. The van der Waals surface area contributed by atoms with Gasteiger partial charge in [0.2, 0.25) is 5.91 Å². The van der Waals surface area contributed by atoms with E-state index in [4.69, 9.17) is 0 Å². The average molecular weight is 247 g/mol. The van der Waals surface area contributed by atoms with Crippen molar-refractivity contribution < 1.29 is 9.90 Å². The second-order valence-corrected chi connectivity index (χ2v) is 4.91. The van der Waals surface area contributed by atoms with Crippen LogP contribution in [0.1, 0.15) is 43.8 Å². The number of aliphatic hydroxyl groups excluding tert-OH is 1. The van der Waals surface area contributed by atoms with E-state index < -0.39 is 6.10 Å². The number of carbonyl (C=O) groups is 1. The lowest BCUT2D eigenvalue weighted by Gasteiger charge is -2.16. The molecule has 1 fully saturated rings. The molecule has 1 amide bonds. The van der Waals surface area contributed by atoms with Crippen molar-refractivity contribution in [2.24, 2.45) is 0 Å². The topological polar surface area (TPSA) is 40.5 Å². The van der Waals surface area contributed by atoms with Gasteiger partial charge in [0.1, 0.15) is 0 Å². The van der Waals surface area contributed by atoms with Gasteiger partial charge < -0.3 is 10.0 Å². The molecular weight excluding hydrogens is 226 g/mol. The third-order valence-corrected chi connectivity index (χ3v) is 3.51. The maximum Gasteiger partial charge on any atom is 0.222 e. The standard InChI is InChI=1S/C15H21NO2/c17-14(13-7-2-1-3-8-13)9-6-10-15(18)16-11-4-5-12-16/h1-3,7-8,14,17H,4-6,9-12H2. The molecule has 0 radical (unpaired) electrons. The Morgan fingerprint density at radius 3 is 2.56 bits per heavy atom. The van der Waals surface area contributed by atoms with Crippen LogP contribution in [0.4, 0.5) is 0 Å². The Balaban J connectivity index is 1.70. The van der Waals surface area contributed by atoms with Gasteiger partial charge in [-0.2, -0.15) is 0 Å². The van der Waals surface area contributed by atoms with Crippen LogP contribution in [0.15, 0.2) is 30.3 Å². The van der Waals surface area contributed by atoms with Crippen molar-refractivity contribution in [2.45, 2.75) is 38.2 Å². The van der Waals surface area contributed by atoms with Gasteiger partial charge in [-0.25, -0.2) is 0 Å². The highest BCUT2D eigenvalue weighted by molar-refractivity contribution is 5.76. The second kappa shape index (κ2) is 6.55. The lowest BCUT2D eigenvalue weighted by molar-refractivity contribution is -0.130. The number of rotatable bonds is 5. The zero-order valence-electron chi connectivity index (χ0n) is 10.7. The van der Waals surface area contributed by atoms with Gasteiger partial charge in [0.15, 0.2) is 0 Å². The van der Waals surface area contributed by atoms with Crippen molar-refractivity contribution in [3.63, 3.8) is 0 Å². The number of carbonyl (C=O) groups excluding carboxylic acids is 1. The van der Waals surface area contributed by atoms with Crippen LogP contribution < -0.4 is 0 Å². The van der Waals surface area contributed by atoms with Crippen molar-refractivity contribution in [2.75, 3.05) is 13.1 Å². The SMILES string of the molecule is O=C(CCCC(O)c1ccccc1)N1CCCC1. The fourth-order valence-electron chi connectivity index (χ4n) is 2.41. The highest BCUT2D eigenvalue weighted by atomic mass is 16.3. The normalized spacial score (nSPS) is 16.8. The molecule has 1 atom stereocenters. The van der Waals surface area contributed by atoms with E-state index in [1.54, 1.807) is 0 Å². The van der Waals surface area contributed by atoms with Crippen LogP contribution in [0.25, 0.3) is 0 Å². The number of amides is 1. The fraction of sp³-hybridized carbons (Fsp3) is 0.533. The molecule has 0 saturated carbocycles. The third kappa shape index (κ3) is 3.57. The molecule has 1 aromatic rings. The van der Waals surface area contributed by atoms with E-state index in [1.165, 1.54) is 0 Å². The molecule has 0 aliphatic carbocycles. The highest BCUT2D eigenvalue weighted by Gasteiger charge is 2.17. The monoisotopic (exact) mass is 247 g/mol. The second-order valence-electron chi connectivity index (χ2n) is 4.91. The molecule has 1 aromatic carbocycles. The van der Waals surface area contributed by atoms with E-state index in [2.05, 4.69) is 0 Å². The highest BCUT2D eigenvalue weighted by Crippen LogP contribution is 2.19. The summed E-state index contributed by atoms with van der Waals surface area (Å²) >= 11 is 0. The Bertz CT molecular complexity index is 371. The minimum atomic E-state index is -0.447. The maximum absolute atomic E-state index is 11.8. The van der Waals surface area contributed by atoms with E-state index in [9.17, 15) is 9.90 Å². The minimum Gasteiger partial charge on any atom is -0.388 e. The molecule has 0 aromatic heterocycles. The molecule has 1 aliphatic heterocycles. The van der Waals surface area contributed by atoms with Gasteiger partial charge in [-0.05, 0) is 31.2 Å². The molecule has 0 spiro atoms. The quantitative estimate of drug-likeness (QED) is 0.868. The van der Waals surface area contributed by atoms with Gasteiger partial charge in [0, 0.05) is 19.5 Å². The molecule has 18 heavy (non-hydrogen) atoms. The lowest BCUT2D eigenvalue weighted by atomic mass is 10.0.